The maximum atomic E-state index is 11.4. The van der Waals surface area contributed by atoms with Crippen molar-refractivity contribution in [2.75, 3.05) is 7.05 Å². The molecule has 0 aliphatic rings. The molecule has 0 aliphatic heterocycles. The molecule has 0 spiro atoms. The van der Waals surface area contributed by atoms with Crippen molar-refractivity contribution < 1.29 is 14.7 Å². The maximum absolute atomic E-state index is 11.4. The Bertz CT molecular complexity index is 200. The Morgan fingerprint density at radius 2 is 1.77 bits per heavy atom. The van der Waals surface area contributed by atoms with Gasteiger partial charge in [0.25, 0.3) is 0 Å². The number of amides is 2. The minimum Gasteiger partial charge on any atom is -0.465 e. The topological polar surface area (TPSA) is 78.4 Å². The van der Waals surface area contributed by atoms with Gasteiger partial charge < -0.3 is 15.7 Å². The molecule has 0 bridgehead atoms. The Kier molecular flexibility index (Phi) is 4.23. The Morgan fingerprint density at radius 3 is 2.00 bits per heavy atom. The number of nitrogens with one attached hydrogen (secondary N) is 2. The van der Waals surface area contributed by atoms with E-state index in [4.69, 9.17) is 5.11 Å². The van der Waals surface area contributed by atoms with Crippen molar-refractivity contribution in [3.05, 3.63) is 0 Å². The summed E-state index contributed by atoms with van der Waals surface area (Å²) in [5.41, 5.74) is -0.986. The van der Waals surface area contributed by atoms with Crippen LogP contribution in [0.1, 0.15) is 26.7 Å². The molecule has 13 heavy (non-hydrogen) atoms. The third-order valence-corrected chi connectivity index (χ3v) is 2.22. The average Bonchev–Trinajstić information content (AvgIpc) is 2.12. The molecule has 0 atom stereocenters. The highest BCUT2D eigenvalue weighted by Crippen LogP contribution is 2.14. The molecule has 5 nitrogen and oxygen atoms in total. The highest BCUT2D eigenvalue weighted by molar-refractivity contribution is 5.89. The summed E-state index contributed by atoms with van der Waals surface area (Å²) >= 11 is 0. The van der Waals surface area contributed by atoms with Crippen LogP contribution in [0, 0.1) is 0 Å². The van der Waals surface area contributed by atoms with Crippen LogP contribution in [-0.2, 0) is 4.79 Å². The lowest BCUT2D eigenvalue weighted by Gasteiger charge is -2.29. The summed E-state index contributed by atoms with van der Waals surface area (Å²) in [5.74, 6) is -0.292. The van der Waals surface area contributed by atoms with Crippen molar-refractivity contribution in [2.45, 2.75) is 32.2 Å². The molecule has 0 aromatic carbocycles. The maximum Gasteiger partial charge on any atom is 0.405 e. The van der Waals surface area contributed by atoms with Crippen molar-refractivity contribution in [2.24, 2.45) is 0 Å². The summed E-state index contributed by atoms with van der Waals surface area (Å²) in [6.07, 6.45) is -0.294. The van der Waals surface area contributed by atoms with Crippen molar-refractivity contribution in [1.82, 2.24) is 10.6 Å². The fraction of sp³-hybridized carbons (Fsp3) is 0.750. The number of rotatable bonds is 4. The minimum atomic E-state index is -1.17. The van der Waals surface area contributed by atoms with Gasteiger partial charge in [-0.05, 0) is 12.8 Å². The third kappa shape index (κ3) is 2.61. The van der Waals surface area contributed by atoms with Crippen LogP contribution in [0.4, 0.5) is 4.79 Å². The smallest absolute Gasteiger partial charge is 0.405 e. The zero-order valence-electron chi connectivity index (χ0n) is 8.18. The van der Waals surface area contributed by atoms with Gasteiger partial charge in [0.15, 0.2) is 0 Å². The standard InChI is InChI=1S/C8H16N2O3/c1-4-8(5-2,6(11)9-3)10-7(12)13/h10H,4-5H2,1-3H3,(H,9,11)(H,12,13). The van der Waals surface area contributed by atoms with E-state index < -0.39 is 11.6 Å². The van der Waals surface area contributed by atoms with E-state index >= 15 is 0 Å². The van der Waals surface area contributed by atoms with Gasteiger partial charge in [-0.1, -0.05) is 13.8 Å². The molecular formula is C8H16N2O3. The second kappa shape index (κ2) is 4.69. The molecule has 2 amide bonds. The number of hydrogen-bond acceptors (Lipinski definition) is 2. The van der Waals surface area contributed by atoms with Crippen LogP contribution in [0.25, 0.3) is 0 Å². The lowest BCUT2D eigenvalue weighted by molar-refractivity contribution is -0.127. The molecule has 0 aliphatic carbocycles. The first-order valence-corrected chi connectivity index (χ1v) is 4.25. The molecule has 0 saturated carbocycles. The van der Waals surface area contributed by atoms with Crippen molar-refractivity contribution in [1.29, 1.82) is 0 Å². The predicted molar refractivity (Wildman–Crippen MR) is 48.5 cm³/mol. The van der Waals surface area contributed by atoms with E-state index in [0.717, 1.165) is 0 Å². The molecule has 0 aromatic heterocycles. The quantitative estimate of drug-likeness (QED) is 0.603. The second-order valence-corrected chi connectivity index (χ2v) is 2.80. The largest absolute Gasteiger partial charge is 0.465 e. The first-order valence-electron chi connectivity index (χ1n) is 4.25. The number of carbonyl (C=O) groups is 2. The molecule has 0 aromatic rings. The molecule has 0 rings (SSSR count). The number of carbonyl (C=O) groups excluding carboxylic acids is 1. The van der Waals surface area contributed by atoms with E-state index in [1.165, 1.54) is 7.05 Å². The molecule has 0 saturated heterocycles. The van der Waals surface area contributed by atoms with Gasteiger partial charge in [-0.2, -0.15) is 0 Å². The average molecular weight is 188 g/mol. The molecule has 0 fully saturated rings. The van der Waals surface area contributed by atoms with E-state index in [9.17, 15) is 9.59 Å². The normalized spacial score (nSPS) is 10.7. The Balaban J connectivity index is 4.68. The molecule has 0 heterocycles. The fourth-order valence-electron chi connectivity index (χ4n) is 1.25. The highest BCUT2D eigenvalue weighted by atomic mass is 16.4. The van der Waals surface area contributed by atoms with Crippen molar-refractivity contribution in [3.63, 3.8) is 0 Å². The number of likely N-dealkylation sites (N-methyl/N-ethyl adjacent to an activating group) is 1. The number of hydrogen-bond donors (Lipinski definition) is 3. The molecule has 0 radical (unpaired) electrons. The Hall–Kier alpha value is -1.26. The second-order valence-electron chi connectivity index (χ2n) is 2.80. The Labute approximate surface area is 77.5 Å². The summed E-state index contributed by atoms with van der Waals surface area (Å²) < 4.78 is 0. The van der Waals surface area contributed by atoms with E-state index in [-0.39, 0.29) is 5.91 Å². The summed E-state index contributed by atoms with van der Waals surface area (Å²) in [7, 11) is 1.49. The van der Waals surface area contributed by atoms with Gasteiger partial charge in [0.2, 0.25) is 5.91 Å². The first kappa shape index (κ1) is 11.7. The van der Waals surface area contributed by atoms with Crippen molar-refractivity contribution in [3.8, 4) is 0 Å². The van der Waals surface area contributed by atoms with Crippen LogP contribution >= 0.6 is 0 Å². The number of carboxylic acid groups (broad SMARTS) is 1. The van der Waals surface area contributed by atoms with Crippen LogP contribution in [0.2, 0.25) is 0 Å². The zero-order valence-corrected chi connectivity index (χ0v) is 8.18. The van der Waals surface area contributed by atoms with E-state index in [1.54, 1.807) is 13.8 Å². The van der Waals surface area contributed by atoms with Gasteiger partial charge >= 0.3 is 6.09 Å². The minimum absolute atomic E-state index is 0.292. The van der Waals surface area contributed by atoms with Crippen molar-refractivity contribution >= 4 is 12.0 Å². The zero-order chi connectivity index (χ0) is 10.5. The van der Waals surface area contributed by atoms with Gasteiger partial charge in [-0.25, -0.2) is 4.79 Å². The van der Waals surface area contributed by atoms with E-state index in [2.05, 4.69) is 10.6 Å². The molecule has 76 valence electrons. The molecule has 0 unspecified atom stereocenters. The van der Waals surface area contributed by atoms with Crippen LogP contribution in [0.3, 0.4) is 0 Å². The lowest BCUT2D eigenvalue weighted by atomic mass is 9.92. The SMILES string of the molecule is CCC(CC)(NC(=O)O)C(=O)NC. The summed E-state index contributed by atoms with van der Waals surface area (Å²) in [6.45, 7) is 3.54. The van der Waals surface area contributed by atoms with E-state index in [0.29, 0.717) is 12.8 Å². The highest BCUT2D eigenvalue weighted by Gasteiger charge is 2.35. The fourth-order valence-corrected chi connectivity index (χ4v) is 1.25. The summed E-state index contributed by atoms with van der Waals surface area (Å²) in [5, 5.41) is 13.3. The predicted octanol–water partition coefficient (Wildman–Crippen LogP) is 0.559. The van der Waals surface area contributed by atoms with Gasteiger partial charge in [0, 0.05) is 7.05 Å². The van der Waals surface area contributed by atoms with Crippen LogP contribution in [0.5, 0.6) is 0 Å². The van der Waals surface area contributed by atoms with Crippen LogP contribution in [0.15, 0.2) is 0 Å². The van der Waals surface area contributed by atoms with Crippen LogP contribution < -0.4 is 10.6 Å². The summed E-state index contributed by atoms with van der Waals surface area (Å²) in [4.78, 5) is 21.9. The molecule has 3 N–H and O–H groups in total. The molecular weight excluding hydrogens is 172 g/mol. The lowest BCUT2D eigenvalue weighted by Crippen LogP contribution is -2.57. The Morgan fingerprint density at radius 1 is 1.31 bits per heavy atom. The third-order valence-electron chi connectivity index (χ3n) is 2.22. The van der Waals surface area contributed by atoms with Gasteiger partial charge in [-0.15, -0.1) is 0 Å². The van der Waals surface area contributed by atoms with Gasteiger partial charge in [-0.3, -0.25) is 4.79 Å². The van der Waals surface area contributed by atoms with E-state index in [1.807, 2.05) is 0 Å². The van der Waals surface area contributed by atoms with Crippen LogP contribution in [-0.4, -0.2) is 29.7 Å². The first-order chi connectivity index (χ1) is 6.02. The molecule has 5 heteroatoms. The monoisotopic (exact) mass is 188 g/mol. The van der Waals surface area contributed by atoms with Gasteiger partial charge in [0.05, 0.1) is 0 Å². The summed E-state index contributed by atoms with van der Waals surface area (Å²) in [6, 6.07) is 0. The van der Waals surface area contributed by atoms with Gasteiger partial charge in [0.1, 0.15) is 5.54 Å².